The molecule has 2 atom stereocenters. The van der Waals surface area contributed by atoms with Crippen LogP contribution in [0.3, 0.4) is 0 Å². The largest absolute Gasteiger partial charge is 0.336 e. The predicted octanol–water partition coefficient (Wildman–Crippen LogP) is 4.02. The van der Waals surface area contributed by atoms with Crippen LogP contribution in [0, 0.1) is 0 Å². The molecular weight excluding hydrogens is 277 g/mol. The van der Waals surface area contributed by atoms with Crippen LogP contribution in [0.4, 0.5) is 0 Å². The molecule has 0 spiro atoms. The molecule has 0 bridgehead atoms. The summed E-state index contributed by atoms with van der Waals surface area (Å²) in [5.41, 5.74) is 0. The summed E-state index contributed by atoms with van der Waals surface area (Å²) in [5, 5.41) is 2.44. The Hall–Kier alpha value is -0.250. The molecule has 1 amide bonds. The Morgan fingerprint density at radius 1 is 1.47 bits per heavy atom. The van der Waals surface area contributed by atoms with E-state index in [0.29, 0.717) is 9.90 Å². The average Bonchev–Trinajstić information content (AvgIpc) is 2.74. The van der Waals surface area contributed by atoms with Gasteiger partial charge in [0, 0.05) is 13.1 Å². The lowest BCUT2D eigenvalue weighted by atomic mass is 9.94. The molecule has 1 aliphatic rings. The van der Waals surface area contributed by atoms with Crippen LogP contribution in [0.15, 0.2) is 11.4 Å². The highest BCUT2D eigenvalue weighted by Crippen LogP contribution is 2.30. The second-order valence-corrected chi connectivity index (χ2v) is 6.27. The molecule has 17 heavy (non-hydrogen) atoms. The number of thiophene rings is 1. The van der Waals surface area contributed by atoms with Crippen molar-refractivity contribution >= 4 is 40.4 Å². The minimum absolute atomic E-state index is 0.0115. The predicted molar refractivity (Wildman–Crippen MR) is 73.3 cm³/mol. The highest BCUT2D eigenvalue weighted by atomic mass is 35.5. The zero-order chi connectivity index (χ0) is 12.4. The number of hydrogen-bond donors (Lipinski definition) is 0. The molecule has 94 valence electrons. The molecule has 2 unspecified atom stereocenters. The van der Waals surface area contributed by atoms with Crippen LogP contribution >= 0.6 is 34.5 Å². The summed E-state index contributed by atoms with van der Waals surface area (Å²) in [6.45, 7) is 0. The minimum Gasteiger partial charge on any atom is -0.336 e. The van der Waals surface area contributed by atoms with E-state index in [4.69, 9.17) is 23.2 Å². The fourth-order valence-corrected chi connectivity index (χ4v) is 3.83. The first-order valence-electron chi connectivity index (χ1n) is 5.75. The smallest absolute Gasteiger partial charge is 0.265 e. The van der Waals surface area contributed by atoms with Crippen molar-refractivity contribution in [3.05, 3.63) is 21.3 Å². The van der Waals surface area contributed by atoms with E-state index in [9.17, 15) is 4.79 Å². The van der Waals surface area contributed by atoms with E-state index in [2.05, 4.69) is 0 Å². The molecule has 1 heterocycles. The number of alkyl halides is 1. The minimum atomic E-state index is -0.0115. The van der Waals surface area contributed by atoms with Gasteiger partial charge in [0.25, 0.3) is 5.91 Å². The summed E-state index contributed by atoms with van der Waals surface area (Å²) in [7, 11) is 1.82. The quantitative estimate of drug-likeness (QED) is 0.754. The molecular formula is C12H15Cl2NOS. The third-order valence-corrected chi connectivity index (χ3v) is 5.12. The van der Waals surface area contributed by atoms with Crippen LogP contribution in [-0.4, -0.2) is 29.3 Å². The molecule has 1 aromatic rings. The number of amides is 1. The standard InChI is InChI=1S/C12H15Cl2NOS/c1-15(10-5-3-2-4-8(10)13)12(16)11-9(14)6-7-17-11/h6-8,10H,2-5H2,1H3. The molecule has 0 radical (unpaired) electrons. The van der Waals surface area contributed by atoms with E-state index in [0.717, 1.165) is 25.7 Å². The van der Waals surface area contributed by atoms with Gasteiger partial charge in [-0.15, -0.1) is 22.9 Å². The van der Waals surface area contributed by atoms with Crippen LogP contribution in [0.1, 0.15) is 35.4 Å². The third kappa shape index (κ3) is 2.78. The van der Waals surface area contributed by atoms with Gasteiger partial charge in [-0.2, -0.15) is 0 Å². The zero-order valence-corrected chi connectivity index (χ0v) is 12.0. The Morgan fingerprint density at radius 2 is 2.18 bits per heavy atom. The lowest BCUT2D eigenvalue weighted by molar-refractivity contribution is 0.0705. The van der Waals surface area contributed by atoms with Crippen molar-refractivity contribution in [1.82, 2.24) is 4.90 Å². The van der Waals surface area contributed by atoms with Gasteiger partial charge in [-0.1, -0.05) is 24.4 Å². The highest BCUT2D eigenvalue weighted by Gasteiger charge is 2.30. The van der Waals surface area contributed by atoms with Gasteiger partial charge in [0.1, 0.15) is 4.88 Å². The van der Waals surface area contributed by atoms with E-state index in [1.165, 1.54) is 11.3 Å². The van der Waals surface area contributed by atoms with Gasteiger partial charge in [0.05, 0.1) is 10.4 Å². The van der Waals surface area contributed by atoms with Crippen molar-refractivity contribution < 1.29 is 4.79 Å². The molecule has 2 nitrogen and oxygen atoms in total. The van der Waals surface area contributed by atoms with Crippen molar-refractivity contribution in [3.8, 4) is 0 Å². The maximum Gasteiger partial charge on any atom is 0.265 e. The Balaban J connectivity index is 2.11. The SMILES string of the molecule is CN(C(=O)c1sccc1Cl)C1CCCCC1Cl. The summed E-state index contributed by atoms with van der Waals surface area (Å²) in [6.07, 6.45) is 4.28. The van der Waals surface area contributed by atoms with Gasteiger partial charge >= 0.3 is 0 Å². The number of carbonyl (C=O) groups excluding carboxylic acids is 1. The molecule has 1 aliphatic carbocycles. The average molecular weight is 292 g/mol. The topological polar surface area (TPSA) is 20.3 Å². The summed E-state index contributed by atoms with van der Waals surface area (Å²) in [4.78, 5) is 14.6. The Morgan fingerprint density at radius 3 is 2.76 bits per heavy atom. The Kier molecular flexibility index (Phi) is 4.34. The maximum absolute atomic E-state index is 12.3. The van der Waals surface area contributed by atoms with Crippen LogP contribution < -0.4 is 0 Å². The number of rotatable bonds is 2. The fraction of sp³-hybridized carbons (Fsp3) is 0.583. The number of nitrogens with zero attached hydrogens (tertiary/aromatic N) is 1. The second kappa shape index (κ2) is 5.59. The highest BCUT2D eigenvalue weighted by molar-refractivity contribution is 7.12. The summed E-state index contributed by atoms with van der Waals surface area (Å²) in [5.74, 6) is -0.0115. The van der Waals surface area contributed by atoms with Crippen LogP contribution in [0.25, 0.3) is 0 Å². The first-order valence-corrected chi connectivity index (χ1v) is 7.45. The number of carbonyl (C=O) groups is 1. The first-order chi connectivity index (χ1) is 8.11. The lowest BCUT2D eigenvalue weighted by Crippen LogP contribution is -2.44. The lowest BCUT2D eigenvalue weighted by Gasteiger charge is -2.34. The second-order valence-electron chi connectivity index (χ2n) is 4.38. The van der Waals surface area contributed by atoms with Gasteiger partial charge in [0.2, 0.25) is 0 Å². The normalized spacial score (nSPS) is 24.6. The Labute approximate surface area is 116 Å². The van der Waals surface area contributed by atoms with E-state index in [1.807, 2.05) is 12.4 Å². The van der Waals surface area contributed by atoms with Gasteiger partial charge in [-0.3, -0.25) is 4.79 Å². The monoisotopic (exact) mass is 291 g/mol. The molecule has 2 rings (SSSR count). The summed E-state index contributed by atoms with van der Waals surface area (Å²) in [6, 6.07) is 1.89. The van der Waals surface area contributed by atoms with Crippen molar-refractivity contribution in [2.24, 2.45) is 0 Å². The zero-order valence-electron chi connectivity index (χ0n) is 9.66. The maximum atomic E-state index is 12.3. The van der Waals surface area contributed by atoms with E-state index < -0.39 is 0 Å². The fourth-order valence-electron chi connectivity index (χ4n) is 2.26. The molecule has 0 aromatic carbocycles. The Bertz CT molecular complexity index is 407. The number of hydrogen-bond acceptors (Lipinski definition) is 2. The molecule has 5 heteroatoms. The van der Waals surface area contributed by atoms with E-state index in [1.54, 1.807) is 11.0 Å². The molecule has 1 saturated carbocycles. The van der Waals surface area contributed by atoms with E-state index >= 15 is 0 Å². The summed E-state index contributed by atoms with van der Waals surface area (Å²) >= 11 is 13.7. The first kappa shape index (κ1) is 13.2. The summed E-state index contributed by atoms with van der Waals surface area (Å²) < 4.78 is 0. The van der Waals surface area contributed by atoms with Gasteiger partial charge < -0.3 is 4.90 Å². The van der Waals surface area contributed by atoms with Gasteiger partial charge in [0.15, 0.2) is 0 Å². The van der Waals surface area contributed by atoms with Gasteiger partial charge in [-0.25, -0.2) is 0 Å². The van der Waals surface area contributed by atoms with Crippen LogP contribution in [0.5, 0.6) is 0 Å². The van der Waals surface area contributed by atoms with E-state index in [-0.39, 0.29) is 17.3 Å². The van der Waals surface area contributed by atoms with Crippen molar-refractivity contribution in [1.29, 1.82) is 0 Å². The molecule has 1 fully saturated rings. The van der Waals surface area contributed by atoms with Crippen molar-refractivity contribution in [2.75, 3.05) is 7.05 Å². The molecule has 0 N–H and O–H groups in total. The number of halogens is 2. The third-order valence-electron chi connectivity index (χ3n) is 3.28. The van der Waals surface area contributed by atoms with Crippen molar-refractivity contribution in [3.63, 3.8) is 0 Å². The van der Waals surface area contributed by atoms with Crippen molar-refractivity contribution in [2.45, 2.75) is 37.1 Å². The molecule has 1 aromatic heterocycles. The van der Waals surface area contributed by atoms with Crippen LogP contribution in [0.2, 0.25) is 5.02 Å². The van der Waals surface area contributed by atoms with Crippen LogP contribution in [-0.2, 0) is 0 Å². The molecule has 0 aliphatic heterocycles. The molecule has 0 saturated heterocycles. The van der Waals surface area contributed by atoms with Gasteiger partial charge in [-0.05, 0) is 24.3 Å².